The summed E-state index contributed by atoms with van der Waals surface area (Å²) in [6, 6.07) is 11.6. The largest absolute Gasteiger partial charge is 0.454 e. The molecule has 0 bridgehead atoms. The molecule has 0 saturated heterocycles. The van der Waals surface area contributed by atoms with Gasteiger partial charge in [-0.05, 0) is 36.6 Å². The Kier molecular flexibility index (Phi) is 8.29. The number of carbonyl (C=O) groups excluding carboxylic acids is 4. The van der Waals surface area contributed by atoms with Crippen LogP contribution in [-0.4, -0.2) is 30.2 Å². The second kappa shape index (κ2) is 10.9. The Morgan fingerprint density at radius 1 is 0.833 bits per heavy atom. The van der Waals surface area contributed by atoms with Crippen molar-refractivity contribution in [2.45, 2.75) is 40.0 Å². The van der Waals surface area contributed by atoms with Crippen molar-refractivity contribution in [1.29, 1.82) is 0 Å². The number of unbranched alkanes of at least 4 members (excludes halogenated alkanes) is 1. The van der Waals surface area contributed by atoms with E-state index < -0.39 is 12.6 Å². The summed E-state index contributed by atoms with van der Waals surface area (Å²) in [5.41, 5.74) is 2.39. The van der Waals surface area contributed by atoms with Gasteiger partial charge in [0.25, 0.3) is 0 Å². The van der Waals surface area contributed by atoms with Crippen LogP contribution in [0.5, 0.6) is 0 Å². The summed E-state index contributed by atoms with van der Waals surface area (Å²) in [4.78, 5) is 47.4. The summed E-state index contributed by atoms with van der Waals surface area (Å²) in [5.74, 6) is -1.70. The first-order valence-corrected chi connectivity index (χ1v) is 9.78. The molecular formula is C23H26N2O5. The van der Waals surface area contributed by atoms with Crippen LogP contribution in [0.2, 0.25) is 0 Å². The van der Waals surface area contributed by atoms with Crippen molar-refractivity contribution in [3.05, 3.63) is 59.2 Å². The number of ketones is 1. The number of benzene rings is 2. The van der Waals surface area contributed by atoms with E-state index in [4.69, 9.17) is 4.74 Å². The minimum Gasteiger partial charge on any atom is -0.454 e. The molecule has 0 heterocycles. The van der Waals surface area contributed by atoms with Gasteiger partial charge < -0.3 is 15.4 Å². The van der Waals surface area contributed by atoms with Crippen LogP contribution >= 0.6 is 0 Å². The maximum atomic E-state index is 12.4. The van der Waals surface area contributed by atoms with Crippen LogP contribution in [0.1, 0.15) is 59.9 Å². The second-order valence-electron chi connectivity index (χ2n) is 6.96. The van der Waals surface area contributed by atoms with Crippen molar-refractivity contribution >= 4 is 34.9 Å². The van der Waals surface area contributed by atoms with Gasteiger partial charge in [-0.2, -0.15) is 0 Å². The molecule has 2 rings (SSSR count). The van der Waals surface area contributed by atoms with Crippen LogP contribution in [-0.2, 0) is 20.7 Å². The van der Waals surface area contributed by atoms with Crippen molar-refractivity contribution in [2.75, 3.05) is 17.2 Å². The molecule has 0 saturated carbocycles. The molecule has 0 unspecified atom stereocenters. The van der Waals surface area contributed by atoms with Crippen molar-refractivity contribution < 1.29 is 23.9 Å². The average Bonchev–Trinajstić information content (AvgIpc) is 2.69. The van der Waals surface area contributed by atoms with Crippen molar-refractivity contribution in [3.8, 4) is 0 Å². The third kappa shape index (κ3) is 7.16. The molecule has 0 aromatic heterocycles. The lowest BCUT2D eigenvalue weighted by atomic mass is 10.0. The van der Waals surface area contributed by atoms with E-state index in [0.29, 0.717) is 16.9 Å². The third-order valence-corrected chi connectivity index (χ3v) is 4.24. The molecule has 2 N–H and O–H groups in total. The van der Waals surface area contributed by atoms with Gasteiger partial charge in [0.05, 0.1) is 5.56 Å². The van der Waals surface area contributed by atoms with E-state index in [2.05, 4.69) is 17.6 Å². The van der Waals surface area contributed by atoms with Gasteiger partial charge in [0.15, 0.2) is 12.4 Å². The predicted octanol–water partition coefficient (Wildman–Crippen LogP) is 3.99. The Hall–Kier alpha value is -3.48. The average molecular weight is 410 g/mol. The number of hydrogen-bond acceptors (Lipinski definition) is 5. The fourth-order valence-corrected chi connectivity index (χ4v) is 2.83. The van der Waals surface area contributed by atoms with Crippen molar-refractivity contribution in [3.63, 3.8) is 0 Å². The summed E-state index contributed by atoms with van der Waals surface area (Å²) < 4.78 is 5.15. The lowest BCUT2D eigenvalue weighted by Crippen LogP contribution is -2.16. The molecule has 158 valence electrons. The number of aryl methyl sites for hydroxylation is 1. The Morgan fingerprint density at radius 3 is 1.90 bits per heavy atom. The molecule has 0 radical (unpaired) electrons. The molecule has 0 fully saturated rings. The number of Topliss-reactive ketones (excluding diaryl/α,β-unsaturated/α-hetero) is 1. The lowest BCUT2D eigenvalue weighted by Gasteiger charge is -2.10. The maximum absolute atomic E-state index is 12.4. The smallest absolute Gasteiger partial charge is 0.338 e. The van der Waals surface area contributed by atoms with Gasteiger partial charge in [0.1, 0.15) is 0 Å². The van der Waals surface area contributed by atoms with Gasteiger partial charge in [0.2, 0.25) is 11.8 Å². The van der Waals surface area contributed by atoms with E-state index in [0.717, 1.165) is 24.8 Å². The van der Waals surface area contributed by atoms with E-state index >= 15 is 0 Å². The SMILES string of the molecule is CCCCc1ccc(C(=O)COC(=O)c2cc(NC(C)=O)cc(NC(C)=O)c2)cc1. The van der Waals surface area contributed by atoms with Crippen LogP contribution in [0.3, 0.4) is 0 Å². The van der Waals surface area contributed by atoms with Crippen LogP contribution in [0.25, 0.3) is 0 Å². The summed E-state index contributed by atoms with van der Waals surface area (Å²) in [6.07, 6.45) is 3.15. The lowest BCUT2D eigenvalue weighted by molar-refractivity contribution is -0.115. The number of ether oxygens (including phenoxy) is 1. The second-order valence-corrected chi connectivity index (χ2v) is 6.96. The molecule has 0 spiro atoms. The molecule has 2 aromatic rings. The topological polar surface area (TPSA) is 102 Å². The van der Waals surface area contributed by atoms with Gasteiger partial charge >= 0.3 is 5.97 Å². The normalized spacial score (nSPS) is 10.2. The number of carbonyl (C=O) groups is 4. The molecule has 0 aliphatic rings. The molecule has 30 heavy (non-hydrogen) atoms. The first kappa shape index (κ1) is 22.8. The van der Waals surface area contributed by atoms with Crippen LogP contribution in [0.4, 0.5) is 11.4 Å². The monoisotopic (exact) mass is 410 g/mol. The van der Waals surface area contributed by atoms with Crippen molar-refractivity contribution in [2.24, 2.45) is 0 Å². The minimum absolute atomic E-state index is 0.104. The third-order valence-electron chi connectivity index (χ3n) is 4.24. The van der Waals surface area contributed by atoms with E-state index in [1.165, 1.54) is 32.0 Å². The number of hydrogen-bond donors (Lipinski definition) is 2. The highest BCUT2D eigenvalue weighted by Crippen LogP contribution is 2.20. The Morgan fingerprint density at radius 2 is 1.40 bits per heavy atom. The number of nitrogens with one attached hydrogen (secondary N) is 2. The molecule has 0 aliphatic carbocycles. The van der Waals surface area contributed by atoms with Crippen LogP contribution in [0.15, 0.2) is 42.5 Å². The quantitative estimate of drug-likeness (QED) is 0.481. The van der Waals surface area contributed by atoms with Gasteiger partial charge in [-0.1, -0.05) is 37.6 Å². The van der Waals surface area contributed by atoms with E-state index in [1.807, 2.05) is 12.1 Å². The predicted molar refractivity (Wildman–Crippen MR) is 115 cm³/mol. The highest BCUT2D eigenvalue weighted by molar-refractivity contribution is 6.01. The van der Waals surface area contributed by atoms with Gasteiger partial charge in [-0.3, -0.25) is 14.4 Å². The van der Waals surface area contributed by atoms with Gasteiger partial charge in [-0.25, -0.2) is 4.79 Å². The number of rotatable bonds is 9. The molecule has 0 aliphatic heterocycles. The Bertz CT molecular complexity index is 901. The molecular weight excluding hydrogens is 384 g/mol. The van der Waals surface area contributed by atoms with Crippen LogP contribution in [0, 0.1) is 0 Å². The summed E-state index contributed by atoms with van der Waals surface area (Å²) in [6.45, 7) is 4.37. The highest BCUT2D eigenvalue weighted by Gasteiger charge is 2.15. The molecule has 7 heteroatoms. The van der Waals surface area contributed by atoms with Gasteiger partial charge in [-0.15, -0.1) is 0 Å². The zero-order chi connectivity index (χ0) is 22.1. The molecule has 2 amide bonds. The zero-order valence-electron chi connectivity index (χ0n) is 17.4. The maximum Gasteiger partial charge on any atom is 0.338 e. The molecule has 2 aromatic carbocycles. The number of amides is 2. The number of anilines is 2. The summed E-state index contributed by atoms with van der Waals surface area (Å²) in [7, 11) is 0. The molecule has 7 nitrogen and oxygen atoms in total. The fourth-order valence-electron chi connectivity index (χ4n) is 2.83. The van der Waals surface area contributed by atoms with Crippen LogP contribution < -0.4 is 10.6 Å². The fraction of sp³-hybridized carbons (Fsp3) is 0.304. The Labute approximate surface area is 175 Å². The van der Waals surface area contributed by atoms with E-state index in [1.54, 1.807) is 12.1 Å². The first-order valence-electron chi connectivity index (χ1n) is 9.78. The Balaban J connectivity index is 2.06. The van der Waals surface area contributed by atoms with Crippen molar-refractivity contribution in [1.82, 2.24) is 0 Å². The standard InChI is InChI=1S/C23H26N2O5/c1-4-5-6-17-7-9-18(10-8-17)22(28)14-30-23(29)19-11-20(24-15(2)26)13-21(12-19)25-16(3)27/h7-13H,4-6,14H2,1-3H3,(H,24,26)(H,25,27). The van der Waals surface area contributed by atoms with E-state index in [-0.39, 0.29) is 23.2 Å². The number of esters is 1. The van der Waals surface area contributed by atoms with E-state index in [9.17, 15) is 19.2 Å². The van der Waals surface area contributed by atoms with Gasteiger partial charge in [0, 0.05) is 30.8 Å². The summed E-state index contributed by atoms with van der Waals surface area (Å²) in [5, 5.41) is 5.12. The summed E-state index contributed by atoms with van der Waals surface area (Å²) >= 11 is 0. The zero-order valence-corrected chi connectivity index (χ0v) is 17.4. The highest BCUT2D eigenvalue weighted by atomic mass is 16.5. The minimum atomic E-state index is -0.735. The molecule has 0 atom stereocenters. The first-order chi connectivity index (χ1) is 14.3.